The summed E-state index contributed by atoms with van der Waals surface area (Å²) in [5.74, 6) is 0.0130. The number of fused-ring (bicyclic) bond motifs is 1. The van der Waals surface area contributed by atoms with Crippen LogP contribution in [0.2, 0.25) is 5.02 Å². The first-order valence-electron chi connectivity index (χ1n) is 8.71. The smallest absolute Gasteiger partial charge is 0.355 e. The normalized spacial score (nSPS) is 11.2. The molecule has 3 aromatic carbocycles. The van der Waals surface area contributed by atoms with Crippen molar-refractivity contribution in [3.63, 3.8) is 0 Å². The van der Waals surface area contributed by atoms with E-state index in [4.69, 9.17) is 16.3 Å². The van der Waals surface area contributed by atoms with Gasteiger partial charge in [0.25, 0.3) is 0 Å². The SMILES string of the molecule is Cc1ccccc1N=Cc1ccc(OC(=O)c2sc3ccccc3c2Cl)cc1. The molecule has 1 aromatic heterocycles. The van der Waals surface area contributed by atoms with Gasteiger partial charge in [-0.15, -0.1) is 11.3 Å². The molecule has 0 unspecified atom stereocenters. The van der Waals surface area contributed by atoms with Gasteiger partial charge in [0.15, 0.2) is 0 Å². The lowest BCUT2D eigenvalue weighted by atomic mass is 10.2. The number of para-hydroxylation sites is 1. The number of hydrogen-bond acceptors (Lipinski definition) is 4. The Morgan fingerprint density at radius 3 is 2.46 bits per heavy atom. The van der Waals surface area contributed by atoms with Crippen LogP contribution in [0, 0.1) is 6.92 Å². The second-order valence-corrected chi connectivity index (χ2v) is 7.67. The third kappa shape index (κ3) is 3.84. The number of carbonyl (C=O) groups excluding carboxylic acids is 1. The van der Waals surface area contributed by atoms with E-state index in [0.29, 0.717) is 15.6 Å². The molecule has 0 aliphatic carbocycles. The minimum Gasteiger partial charge on any atom is -0.422 e. The van der Waals surface area contributed by atoms with Crippen molar-refractivity contribution >= 4 is 50.9 Å². The van der Waals surface area contributed by atoms with Crippen LogP contribution < -0.4 is 4.74 Å². The lowest BCUT2D eigenvalue weighted by molar-refractivity contribution is 0.0740. The minimum absolute atomic E-state index is 0.410. The summed E-state index contributed by atoms with van der Waals surface area (Å²) in [6.45, 7) is 2.02. The van der Waals surface area contributed by atoms with Crippen molar-refractivity contribution in [2.24, 2.45) is 4.99 Å². The van der Waals surface area contributed by atoms with Gasteiger partial charge >= 0.3 is 5.97 Å². The summed E-state index contributed by atoms with van der Waals surface area (Å²) in [5, 5.41) is 1.30. The van der Waals surface area contributed by atoms with E-state index in [2.05, 4.69) is 4.99 Å². The maximum Gasteiger partial charge on any atom is 0.355 e. The Morgan fingerprint density at radius 2 is 1.71 bits per heavy atom. The van der Waals surface area contributed by atoms with Crippen LogP contribution in [-0.2, 0) is 0 Å². The van der Waals surface area contributed by atoms with Crippen molar-refractivity contribution in [2.75, 3.05) is 0 Å². The largest absolute Gasteiger partial charge is 0.422 e. The van der Waals surface area contributed by atoms with Crippen LogP contribution in [-0.4, -0.2) is 12.2 Å². The molecule has 138 valence electrons. The Hall–Kier alpha value is -2.95. The number of aryl methyl sites for hydroxylation is 1. The third-order valence-corrected chi connectivity index (χ3v) is 5.93. The number of aliphatic imine (C=N–C) groups is 1. The predicted molar refractivity (Wildman–Crippen MR) is 117 cm³/mol. The number of esters is 1. The molecule has 4 aromatic rings. The molecule has 4 rings (SSSR count). The van der Waals surface area contributed by atoms with Crippen molar-refractivity contribution in [3.8, 4) is 5.75 Å². The van der Waals surface area contributed by atoms with E-state index in [1.54, 1.807) is 18.3 Å². The van der Waals surface area contributed by atoms with Crippen molar-refractivity contribution < 1.29 is 9.53 Å². The first kappa shape index (κ1) is 18.4. The maximum absolute atomic E-state index is 12.5. The Bertz CT molecular complexity index is 1180. The molecular weight excluding hydrogens is 390 g/mol. The predicted octanol–water partition coefficient (Wildman–Crippen LogP) is 6.83. The van der Waals surface area contributed by atoms with E-state index in [0.717, 1.165) is 26.9 Å². The van der Waals surface area contributed by atoms with Crippen molar-refractivity contribution in [3.05, 3.63) is 93.8 Å². The summed E-state index contributed by atoms with van der Waals surface area (Å²) in [7, 11) is 0. The van der Waals surface area contributed by atoms with Gasteiger partial charge in [-0.05, 0) is 54.4 Å². The summed E-state index contributed by atoms with van der Waals surface area (Å²) >= 11 is 7.68. The number of benzene rings is 3. The number of ether oxygens (including phenoxy) is 1. The monoisotopic (exact) mass is 405 g/mol. The van der Waals surface area contributed by atoms with Crippen molar-refractivity contribution in [1.82, 2.24) is 0 Å². The van der Waals surface area contributed by atoms with E-state index in [9.17, 15) is 4.79 Å². The average molecular weight is 406 g/mol. The molecule has 0 radical (unpaired) electrons. The van der Waals surface area contributed by atoms with Crippen molar-refractivity contribution in [2.45, 2.75) is 6.92 Å². The number of thiophene rings is 1. The van der Waals surface area contributed by atoms with Crippen LogP contribution in [0.1, 0.15) is 20.8 Å². The second kappa shape index (κ2) is 7.97. The van der Waals surface area contributed by atoms with Crippen LogP contribution in [0.3, 0.4) is 0 Å². The first-order chi connectivity index (χ1) is 13.6. The maximum atomic E-state index is 12.5. The molecule has 0 bridgehead atoms. The number of hydrogen-bond donors (Lipinski definition) is 0. The molecule has 0 spiro atoms. The van der Waals surface area contributed by atoms with E-state index in [1.165, 1.54) is 11.3 Å². The highest BCUT2D eigenvalue weighted by Crippen LogP contribution is 2.35. The van der Waals surface area contributed by atoms with Gasteiger partial charge in [-0.2, -0.15) is 0 Å². The fourth-order valence-corrected chi connectivity index (χ4v) is 4.16. The Balaban J connectivity index is 1.49. The van der Waals surface area contributed by atoms with Gasteiger partial charge in [-0.1, -0.05) is 48.0 Å². The molecule has 0 saturated heterocycles. The summed E-state index contributed by atoms with van der Waals surface area (Å²) in [4.78, 5) is 17.4. The van der Waals surface area contributed by atoms with Crippen LogP contribution >= 0.6 is 22.9 Å². The molecule has 0 aliphatic rings. The molecule has 0 saturated carbocycles. The first-order valence-corrected chi connectivity index (χ1v) is 9.90. The summed E-state index contributed by atoms with van der Waals surface area (Å²) in [6, 6.07) is 22.8. The summed E-state index contributed by atoms with van der Waals surface area (Å²) < 4.78 is 6.45. The summed E-state index contributed by atoms with van der Waals surface area (Å²) in [6.07, 6.45) is 1.79. The van der Waals surface area contributed by atoms with Gasteiger partial charge in [0.05, 0.1) is 10.7 Å². The molecular formula is C23H16ClNO2S. The standard InChI is InChI=1S/C23H16ClNO2S/c1-15-6-2-4-8-19(15)25-14-16-10-12-17(13-11-16)27-23(26)22-21(24)18-7-3-5-9-20(18)28-22/h2-14H,1H3. The average Bonchev–Trinajstić information content (AvgIpc) is 3.05. The van der Waals surface area contributed by atoms with Gasteiger partial charge in [-0.25, -0.2) is 4.79 Å². The molecule has 5 heteroatoms. The van der Waals surface area contributed by atoms with Gasteiger partial charge in [0, 0.05) is 16.3 Å². The molecule has 3 nitrogen and oxygen atoms in total. The van der Waals surface area contributed by atoms with Gasteiger partial charge in [-0.3, -0.25) is 4.99 Å². The Morgan fingerprint density at radius 1 is 1.00 bits per heavy atom. The molecule has 0 fully saturated rings. The highest BCUT2D eigenvalue weighted by molar-refractivity contribution is 7.21. The molecule has 1 heterocycles. The van der Waals surface area contributed by atoms with Gasteiger partial charge in [0.1, 0.15) is 10.6 Å². The third-order valence-electron chi connectivity index (χ3n) is 4.28. The van der Waals surface area contributed by atoms with E-state index >= 15 is 0 Å². The van der Waals surface area contributed by atoms with Crippen LogP contribution in [0.25, 0.3) is 10.1 Å². The molecule has 0 amide bonds. The number of carbonyl (C=O) groups is 1. The van der Waals surface area contributed by atoms with E-state index < -0.39 is 5.97 Å². The van der Waals surface area contributed by atoms with E-state index in [1.807, 2.05) is 67.6 Å². The molecule has 28 heavy (non-hydrogen) atoms. The second-order valence-electron chi connectivity index (χ2n) is 6.24. The van der Waals surface area contributed by atoms with Gasteiger partial charge < -0.3 is 4.74 Å². The molecule has 0 N–H and O–H groups in total. The van der Waals surface area contributed by atoms with Crippen LogP contribution in [0.15, 0.2) is 77.8 Å². The number of rotatable bonds is 4. The van der Waals surface area contributed by atoms with Crippen LogP contribution in [0.4, 0.5) is 5.69 Å². The van der Waals surface area contributed by atoms with Crippen molar-refractivity contribution in [1.29, 1.82) is 0 Å². The summed E-state index contributed by atoms with van der Waals surface area (Å²) in [5.41, 5.74) is 2.96. The zero-order valence-electron chi connectivity index (χ0n) is 15.1. The van der Waals surface area contributed by atoms with Crippen LogP contribution in [0.5, 0.6) is 5.75 Å². The number of nitrogens with zero attached hydrogens (tertiary/aromatic N) is 1. The Labute approximate surface area is 171 Å². The highest BCUT2D eigenvalue weighted by atomic mass is 35.5. The number of halogens is 1. The molecule has 0 atom stereocenters. The lowest BCUT2D eigenvalue weighted by Gasteiger charge is -2.04. The zero-order valence-corrected chi connectivity index (χ0v) is 16.6. The quantitative estimate of drug-likeness (QED) is 0.212. The topological polar surface area (TPSA) is 38.7 Å². The fourth-order valence-electron chi connectivity index (χ4n) is 2.77. The van der Waals surface area contributed by atoms with E-state index in [-0.39, 0.29) is 0 Å². The van der Waals surface area contributed by atoms with Gasteiger partial charge in [0.2, 0.25) is 0 Å². The lowest BCUT2D eigenvalue weighted by Crippen LogP contribution is -2.06. The molecule has 0 aliphatic heterocycles. The highest BCUT2D eigenvalue weighted by Gasteiger charge is 2.18. The minimum atomic E-state index is -0.451. The Kier molecular flexibility index (Phi) is 5.24. The zero-order chi connectivity index (χ0) is 19.5. The fraction of sp³-hybridized carbons (Fsp3) is 0.0435.